The van der Waals surface area contributed by atoms with Crippen molar-refractivity contribution < 1.29 is 13.9 Å². The molecule has 2 N–H and O–H groups in total. The first kappa shape index (κ1) is 19.2. The van der Waals surface area contributed by atoms with Crippen LogP contribution in [0.5, 0.6) is 5.75 Å². The molecule has 0 amide bonds. The zero-order valence-corrected chi connectivity index (χ0v) is 14.7. The fourth-order valence-corrected chi connectivity index (χ4v) is 2.15. The largest absolute Gasteiger partial charge is 0.504 e. The van der Waals surface area contributed by atoms with Gasteiger partial charge in [0.1, 0.15) is 16.9 Å². The van der Waals surface area contributed by atoms with Gasteiger partial charge in [-0.25, -0.2) is 4.39 Å². The third kappa shape index (κ3) is 4.94. The monoisotopic (exact) mass is 374 g/mol. The molecule has 0 aliphatic heterocycles. The number of anilines is 1. The zero-order chi connectivity index (χ0) is 18.9. The lowest BCUT2D eigenvalue weighted by Gasteiger charge is -2.08. The molecule has 0 spiro atoms. The Hall–Kier alpha value is -3.11. The van der Waals surface area contributed by atoms with Crippen LogP contribution in [0.1, 0.15) is 18.9 Å². The zero-order valence-electron chi connectivity index (χ0n) is 13.9. The minimum atomic E-state index is -0.279. The quantitative estimate of drug-likeness (QED) is 0.647. The Kier molecular flexibility index (Phi) is 6.94. The first-order valence-corrected chi connectivity index (χ1v) is 8.12. The Bertz CT molecular complexity index is 877. The molecule has 0 saturated heterocycles. The number of aromatic nitrogens is 2. The van der Waals surface area contributed by atoms with Gasteiger partial charge in [-0.2, -0.15) is 5.26 Å². The van der Waals surface area contributed by atoms with Gasteiger partial charge in [-0.05, 0) is 42.8 Å². The fraction of sp³-hybridized carbons (Fsp3) is 0.167. The maximum atomic E-state index is 12.5. The molecule has 0 atom stereocenters. The van der Waals surface area contributed by atoms with Crippen LogP contribution < -0.4 is 5.32 Å². The average Bonchev–Trinajstić information content (AvgIpc) is 3.19. The molecule has 26 heavy (non-hydrogen) atoms. The normalized spacial score (nSPS) is 9.77. The van der Waals surface area contributed by atoms with E-state index in [2.05, 4.69) is 15.5 Å². The van der Waals surface area contributed by atoms with E-state index >= 15 is 0 Å². The molecule has 3 rings (SSSR count). The third-order valence-corrected chi connectivity index (χ3v) is 3.64. The molecule has 2 aromatic carbocycles. The molecular weight excluding hydrogens is 359 g/mol. The van der Waals surface area contributed by atoms with E-state index in [1.54, 1.807) is 24.3 Å². The van der Waals surface area contributed by atoms with E-state index in [0.717, 1.165) is 13.0 Å². The van der Waals surface area contributed by atoms with Gasteiger partial charge in [0, 0.05) is 12.1 Å². The maximum Gasteiger partial charge on any atom is 0.247 e. The first-order chi connectivity index (χ1) is 12.6. The number of nitriles is 1. The van der Waals surface area contributed by atoms with Crippen molar-refractivity contribution in [3.8, 4) is 23.3 Å². The SMILES string of the molecule is CCCNc1ccc(C#N)c(Cl)c1O.Fc1ccc(-c2nnco2)cc1. The number of benzene rings is 2. The van der Waals surface area contributed by atoms with Gasteiger partial charge in [0.15, 0.2) is 5.75 Å². The van der Waals surface area contributed by atoms with Gasteiger partial charge in [0.25, 0.3) is 0 Å². The van der Waals surface area contributed by atoms with Gasteiger partial charge in [0.05, 0.1) is 11.3 Å². The maximum absolute atomic E-state index is 12.5. The summed E-state index contributed by atoms with van der Waals surface area (Å²) in [6.07, 6.45) is 2.19. The highest BCUT2D eigenvalue weighted by atomic mass is 35.5. The van der Waals surface area contributed by atoms with Crippen molar-refractivity contribution >= 4 is 17.3 Å². The van der Waals surface area contributed by atoms with Crippen molar-refractivity contribution in [3.63, 3.8) is 0 Å². The number of nitrogens with one attached hydrogen (secondary N) is 1. The summed E-state index contributed by atoms with van der Waals surface area (Å²) >= 11 is 5.76. The molecule has 6 nitrogen and oxygen atoms in total. The summed E-state index contributed by atoms with van der Waals surface area (Å²) in [6, 6.07) is 11.0. The van der Waals surface area contributed by atoms with Crippen LogP contribution >= 0.6 is 11.6 Å². The van der Waals surface area contributed by atoms with Gasteiger partial charge < -0.3 is 14.8 Å². The first-order valence-electron chi connectivity index (χ1n) is 7.74. The second-order valence-electron chi connectivity index (χ2n) is 5.11. The van der Waals surface area contributed by atoms with Gasteiger partial charge in [0.2, 0.25) is 12.3 Å². The van der Waals surface area contributed by atoms with Crippen LogP contribution in [0, 0.1) is 17.1 Å². The Balaban J connectivity index is 0.000000189. The van der Waals surface area contributed by atoms with E-state index in [1.165, 1.54) is 18.5 Å². The van der Waals surface area contributed by atoms with Crippen LogP contribution in [0.15, 0.2) is 47.2 Å². The molecule has 134 valence electrons. The summed E-state index contributed by atoms with van der Waals surface area (Å²) in [7, 11) is 0. The summed E-state index contributed by atoms with van der Waals surface area (Å²) in [5, 5.41) is 28.5. The highest BCUT2D eigenvalue weighted by Gasteiger charge is 2.09. The average molecular weight is 375 g/mol. The molecule has 1 aromatic heterocycles. The topological polar surface area (TPSA) is 95.0 Å². The number of phenolic OH excluding ortho intramolecular Hbond substituents is 1. The van der Waals surface area contributed by atoms with Crippen molar-refractivity contribution in [2.45, 2.75) is 13.3 Å². The van der Waals surface area contributed by atoms with Crippen LogP contribution in [0.25, 0.3) is 11.5 Å². The van der Waals surface area contributed by atoms with Crippen LogP contribution in [0.2, 0.25) is 5.02 Å². The minimum Gasteiger partial charge on any atom is -0.504 e. The molecule has 0 aliphatic rings. The highest BCUT2D eigenvalue weighted by molar-refractivity contribution is 6.33. The third-order valence-electron chi connectivity index (χ3n) is 3.25. The van der Waals surface area contributed by atoms with Crippen molar-refractivity contribution in [2.75, 3.05) is 11.9 Å². The van der Waals surface area contributed by atoms with E-state index in [1.807, 2.05) is 13.0 Å². The Morgan fingerprint density at radius 1 is 1.27 bits per heavy atom. The van der Waals surface area contributed by atoms with E-state index in [0.29, 0.717) is 17.1 Å². The van der Waals surface area contributed by atoms with Crippen LogP contribution in [0.4, 0.5) is 10.1 Å². The predicted molar refractivity (Wildman–Crippen MR) is 96.3 cm³/mol. The minimum absolute atomic E-state index is 0.0563. The van der Waals surface area contributed by atoms with Crippen molar-refractivity contribution in [1.82, 2.24) is 10.2 Å². The molecule has 0 bridgehead atoms. The lowest BCUT2D eigenvalue weighted by atomic mass is 10.2. The van der Waals surface area contributed by atoms with E-state index in [4.69, 9.17) is 21.3 Å². The Labute approximate surface area is 154 Å². The molecule has 0 saturated carbocycles. The molecule has 0 unspecified atom stereocenters. The van der Waals surface area contributed by atoms with Crippen molar-refractivity contribution in [2.24, 2.45) is 0 Å². The van der Waals surface area contributed by atoms with Crippen molar-refractivity contribution in [1.29, 1.82) is 5.26 Å². The predicted octanol–water partition coefficient (Wildman–Crippen LogP) is 4.61. The van der Waals surface area contributed by atoms with Gasteiger partial charge in [-0.3, -0.25) is 0 Å². The second kappa shape index (κ2) is 9.39. The second-order valence-corrected chi connectivity index (χ2v) is 5.49. The summed E-state index contributed by atoms with van der Waals surface area (Å²) in [6.45, 7) is 2.78. The van der Waals surface area contributed by atoms with Gasteiger partial charge in [-0.1, -0.05) is 18.5 Å². The van der Waals surface area contributed by atoms with Crippen LogP contribution in [0.3, 0.4) is 0 Å². The number of halogens is 2. The summed E-state index contributed by atoms with van der Waals surface area (Å²) < 4.78 is 17.4. The molecule has 0 radical (unpaired) electrons. The van der Waals surface area contributed by atoms with Gasteiger partial charge in [-0.15, -0.1) is 10.2 Å². The summed E-state index contributed by atoms with van der Waals surface area (Å²) in [5.74, 6) is 0.0624. The molecule has 3 aromatic rings. The Morgan fingerprint density at radius 2 is 2.00 bits per heavy atom. The summed E-state index contributed by atoms with van der Waals surface area (Å²) in [5.41, 5.74) is 1.57. The standard InChI is InChI=1S/C10H11ClN2O.C8H5FN2O/c1-2-5-13-8-4-3-7(6-12)9(11)10(8)14;9-7-3-1-6(2-4-7)8-11-10-5-12-8/h3-4,13-14H,2,5H2,1H3;1-5H. The molecule has 0 aliphatic carbocycles. The lowest BCUT2D eigenvalue weighted by Crippen LogP contribution is -2.00. The number of phenols is 1. The lowest BCUT2D eigenvalue weighted by molar-refractivity contribution is 0.477. The smallest absolute Gasteiger partial charge is 0.247 e. The number of hydrogen-bond donors (Lipinski definition) is 2. The van der Waals surface area contributed by atoms with Crippen molar-refractivity contribution in [3.05, 3.63) is 59.2 Å². The highest BCUT2D eigenvalue weighted by Crippen LogP contribution is 2.34. The number of hydrogen-bond acceptors (Lipinski definition) is 6. The number of nitrogens with zero attached hydrogens (tertiary/aromatic N) is 3. The fourth-order valence-electron chi connectivity index (χ4n) is 1.94. The van der Waals surface area contributed by atoms with Gasteiger partial charge >= 0.3 is 0 Å². The molecular formula is C18H16ClFN4O2. The van der Waals surface area contributed by atoms with E-state index < -0.39 is 0 Å². The van der Waals surface area contributed by atoms with E-state index in [-0.39, 0.29) is 22.2 Å². The summed E-state index contributed by atoms with van der Waals surface area (Å²) in [4.78, 5) is 0. The van der Waals surface area contributed by atoms with E-state index in [9.17, 15) is 9.50 Å². The van der Waals surface area contributed by atoms with Crippen LogP contribution in [-0.4, -0.2) is 21.8 Å². The molecule has 1 heterocycles. The molecule has 8 heteroatoms. The number of rotatable bonds is 4. The molecule has 0 fully saturated rings. The van der Waals surface area contributed by atoms with Crippen LogP contribution in [-0.2, 0) is 0 Å². The number of aromatic hydroxyl groups is 1. The Morgan fingerprint density at radius 3 is 2.58 bits per heavy atom.